The molecule has 0 bridgehead atoms. The number of aromatic nitrogens is 4. The van der Waals surface area contributed by atoms with Gasteiger partial charge in [-0.3, -0.25) is 18.9 Å². The summed E-state index contributed by atoms with van der Waals surface area (Å²) in [7, 11) is -15.1. The zero-order chi connectivity index (χ0) is 24.8. The first-order valence-corrected chi connectivity index (χ1v) is 13.2. The van der Waals surface area contributed by atoms with E-state index in [4.69, 9.17) is 25.2 Å². The maximum absolute atomic E-state index is 12.1. The molecule has 0 saturated carbocycles. The van der Waals surface area contributed by atoms with Gasteiger partial charge in [-0.2, -0.15) is 13.6 Å². The van der Waals surface area contributed by atoms with E-state index in [1.807, 2.05) is 0 Å². The molecule has 19 nitrogen and oxygen atoms in total. The summed E-state index contributed by atoms with van der Waals surface area (Å²) in [6.45, 7) is -0.862. The lowest BCUT2D eigenvalue weighted by atomic mass is 10.2. The number of fused-ring (bicyclic) bond motifs is 1. The number of nitrogens with two attached hydrogens (primary N) is 1. The van der Waals surface area contributed by atoms with E-state index in [1.54, 1.807) is 0 Å². The van der Waals surface area contributed by atoms with Crippen LogP contribution in [-0.4, -0.2) is 70.1 Å². The van der Waals surface area contributed by atoms with Crippen LogP contribution in [0.4, 0.5) is 11.9 Å². The van der Waals surface area contributed by atoms with Gasteiger partial charge in [-0.15, -0.1) is 0 Å². The third-order valence-corrected chi connectivity index (χ3v) is 7.91. The summed E-state index contributed by atoms with van der Waals surface area (Å²) >= 11 is 0. The molecule has 0 radical (unpaired) electrons. The molecular weight excluding hydrogens is 517 g/mol. The Kier molecular flexibility index (Phi) is 7.18. The summed E-state index contributed by atoms with van der Waals surface area (Å²) in [5.41, 5.74) is 4.88. The molecular formula is C11H19N6O13P3. The van der Waals surface area contributed by atoms with Gasteiger partial charge in [0.15, 0.2) is 11.2 Å². The Bertz CT molecular complexity index is 1240. The number of H-pyrrole nitrogens is 1. The number of aliphatic hydroxyl groups excluding tert-OH is 1. The molecule has 1 aliphatic heterocycles. The molecule has 1 saturated heterocycles. The Morgan fingerprint density at radius 2 is 1.88 bits per heavy atom. The number of nitrogens with zero attached hydrogens (tertiary/aromatic N) is 3. The van der Waals surface area contributed by atoms with Gasteiger partial charge >= 0.3 is 23.5 Å². The molecule has 5 atom stereocenters. The second-order valence-corrected chi connectivity index (χ2v) is 10.9. The molecule has 0 aliphatic carbocycles. The van der Waals surface area contributed by atoms with Gasteiger partial charge in [0.2, 0.25) is 11.9 Å². The van der Waals surface area contributed by atoms with Crippen molar-refractivity contribution in [3.05, 3.63) is 10.4 Å². The molecule has 1 aliphatic rings. The number of phosphoric acid groups is 3. The molecule has 33 heavy (non-hydrogen) atoms. The molecule has 0 aromatic carbocycles. The van der Waals surface area contributed by atoms with Gasteiger partial charge in [0.05, 0.1) is 12.7 Å². The third-order valence-electron chi connectivity index (χ3n) is 4.10. The lowest BCUT2D eigenvalue weighted by molar-refractivity contribution is -0.0416. The van der Waals surface area contributed by atoms with E-state index < -0.39 is 54.1 Å². The Hall–Kier alpha value is -1.72. The van der Waals surface area contributed by atoms with Gasteiger partial charge in [-0.05, 0) is 0 Å². The minimum Gasteiger partial charge on any atom is -0.390 e. The molecule has 0 amide bonds. The van der Waals surface area contributed by atoms with Crippen LogP contribution >= 0.6 is 23.5 Å². The molecule has 3 heterocycles. The minimum absolute atomic E-state index is 0.0198. The topological polar surface area (TPSA) is 291 Å². The Labute approximate surface area is 183 Å². The van der Waals surface area contributed by atoms with Crippen LogP contribution < -0.4 is 16.6 Å². The molecule has 9 N–H and O–H groups in total. The standard InChI is InChI=1S/C11H19N6O13P3/c1-13-11-14-7-8(15-10(12)16-9(7)19)17(11)6-2-4(18)5(28-6)3-27-32(23,24)30-33(25,26)29-31(20,21)22/h4-6,18H,2-3H2,1H3,(H,13,14)(H,23,24)(H,25,26)(H2,20,21,22)(H3,12,15,16,19)/t4?,5-,6-/m1/s1. The number of ether oxygens (including phenoxy) is 1. The quantitative estimate of drug-likeness (QED) is 0.173. The fourth-order valence-corrected chi connectivity index (χ4v) is 5.97. The van der Waals surface area contributed by atoms with Crippen LogP contribution in [0, 0.1) is 0 Å². The normalized spacial score (nSPS) is 25.1. The number of anilines is 2. The molecule has 2 aromatic rings. The molecule has 3 rings (SSSR count). The molecule has 0 spiro atoms. The molecule has 3 unspecified atom stereocenters. The van der Waals surface area contributed by atoms with Crippen molar-refractivity contribution in [2.75, 3.05) is 24.7 Å². The van der Waals surface area contributed by atoms with Crippen LogP contribution in [0.3, 0.4) is 0 Å². The first kappa shape index (κ1) is 25.9. The Balaban J connectivity index is 1.74. The minimum atomic E-state index is -5.69. The molecule has 22 heteroatoms. The van der Waals surface area contributed by atoms with Crippen LogP contribution in [-0.2, 0) is 31.6 Å². The highest BCUT2D eigenvalue weighted by Crippen LogP contribution is 2.66. The zero-order valence-electron chi connectivity index (χ0n) is 16.4. The summed E-state index contributed by atoms with van der Waals surface area (Å²) in [6.07, 6.45) is -3.72. The average molecular weight is 536 g/mol. The number of nitrogen functional groups attached to an aromatic ring is 1. The number of nitrogens with one attached hydrogen (secondary N) is 2. The SMILES string of the molecule is CNc1nc2c(=O)[nH]c(N)nc2n1[C@H]1CC(O)[C@@H](COP(=O)(O)OP(=O)(O)OP(=O)(O)O)O1. The monoisotopic (exact) mass is 536 g/mol. The summed E-state index contributed by atoms with van der Waals surface area (Å²) in [4.78, 5) is 58.2. The van der Waals surface area contributed by atoms with Crippen LogP contribution in [0.2, 0.25) is 0 Å². The number of phosphoric ester groups is 1. The molecule has 2 aromatic heterocycles. The van der Waals surface area contributed by atoms with Crippen molar-refractivity contribution in [1.82, 2.24) is 19.5 Å². The number of hydrogen-bond donors (Lipinski definition) is 8. The van der Waals surface area contributed by atoms with Crippen LogP contribution in [0.15, 0.2) is 4.79 Å². The van der Waals surface area contributed by atoms with E-state index in [0.29, 0.717) is 0 Å². The first-order chi connectivity index (χ1) is 15.1. The predicted octanol–water partition coefficient (Wildman–Crippen LogP) is -1.26. The summed E-state index contributed by atoms with van der Waals surface area (Å²) in [6, 6.07) is 0. The Morgan fingerprint density at radius 3 is 2.48 bits per heavy atom. The van der Waals surface area contributed by atoms with Crippen molar-refractivity contribution < 1.29 is 56.3 Å². The predicted molar refractivity (Wildman–Crippen MR) is 106 cm³/mol. The zero-order valence-corrected chi connectivity index (χ0v) is 19.1. The van der Waals surface area contributed by atoms with E-state index in [2.05, 4.69) is 33.4 Å². The van der Waals surface area contributed by atoms with Crippen LogP contribution in [0.5, 0.6) is 0 Å². The van der Waals surface area contributed by atoms with Gasteiger partial charge < -0.3 is 40.5 Å². The van der Waals surface area contributed by atoms with Crippen molar-refractivity contribution in [3.63, 3.8) is 0 Å². The summed E-state index contributed by atoms with van der Waals surface area (Å²) in [5.74, 6) is -0.0848. The highest BCUT2D eigenvalue weighted by Gasteiger charge is 2.43. The van der Waals surface area contributed by atoms with Crippen LogP contribution in [0.1, 0.15) is 12.6 Å². The number of rotatable bonds is 9. The Morgan fingerprint density at radius 1 is 1.21 bits per heavy atom. The van der Waals surface area contributed by atoms with Gasteiger partial charge in [0, 0.05) is 13.5 Å². The average Bonchev–Trinajstić information content (AvgIpc) is 3.16. The van der Waals surface area contributed by atoms with Gasteiger partial charge in [0.1, 0.15) is 12.3 Å². The fraction of sp³-hybridized carbons (Fsp3) is 0.545. The summed E-state index contributed by atoms with van der Waals surface area (Å²) in [5, 5.41) is 13.0. The van der Waals surface area contributed by atoms with Gasteiger partial charge in [-0.25, -0.2) is 18.7 Å². The van der Waals surface area contributed by atoms with Crippen molar-refractivity contribution in [3.8, 4) is 0 Å². The van der Waals surface area contributed by atoms with Crippen molar-refractivity contribution in [1.29, 1.82) is 0 Å². The lowest BCUT2D eigenvalue weighted by Crippen LogP contribution is -2.26. The van der Waals surface area contributed by atoms with E-state index in [1.165, 1.54) is 11.6 Å². The smallest absolute Gasteiger partial charge is 0.390 e. The number of aliphatic hydroxyl groups is 1. The fourth-order valence-electron chi connectivity index (χ4n) is 2.94. The van der Waals surface area contributed by atoms with Crippen molar-refractivity contribution in [2.45, 2.75) is 24.9 Å². The lowest BCUT2D eigenvalue weighted by Gasteiger charge is -2.19. The number of hydrogen-bond acceptors (Lipinski definition) is 13. The van der Waals surface area contributed by atoms with E-state index in [0.717, 1.165) is 0 Å². The largest absolute Gasteiger partial charge is 0.490 e. The van der Waals surface area contributed by atoms with Gasteiger partial charge in [-0.1, -0.05) is 0 Å². The highest BCUT2D eigenvalue weighted by atomic mass is 31.3. The van der Waals surface area contributed by atoms with Crippen molar-refractivity contribution >= 4 is 46.5 Å². The van der Waals surface area contributed by atoms with E-state index >= 15 is 0 Å². The second-order valence-electron chi connectivity index (χ2n) is 6.50. The van der Waals surface area contributed by atoms with E-state index in [9.17, 15) is 28.5 Å². The first-order valence-electron chi connectivity index (χ1n) is 8.68. The van der Waals surface area contributed by atoms with E-state index in [-0.39, 0.29) is 29.5 Å². The second kappa shape index (κ2) is 9.14. The van der Waals surface area contributed by atoms with Crippen molar-refractivity contribution in [2.24, 2.45) is 0 Å². The molecule has 1 fully saturated rings. The third kappa shape index (κ3) is 6.24. The molecule has 186 valence electrons. The maximum Gasteiger partial charge on any atom is 0.490 e. The summed E-state index contributed by atoms with van der Waals surface area (Å²) < 4.78 is 52.5. The number of imidazole rings is 1. The van der Waals surface area contributed by atoms with Gasteiger partial charge in [0.25, 0.3) is 5.56 Å². The highest BCUT2D eigenvalue weighted by molar-refractivity contribution is 7.66. The maximum atomic E-state index is 12.1. The number of aromatic amines is 1. The van der Waals surface area contributed by atoms with Crippen LogP contribution in [0.25, 0.3) is 11.2 Å².